The number of benzene rings is 1. The van der Waals surface area contributed by atoms with Crippen LogP contribution in [0.3, 0.4) is 0 Å². The Balaban J connectivity index is 1.41. The Hall–Kier alpha value is -2.74. The maximum Gasteiger partial charge on any atom is 0.331 e. The van der Waals surface area contributed by atoms with Gasteiger partial charge in [0.05, 0.1) is 10.2 Å². The highest BCUT2D eigenvalue weighted by Crippen LogP contribution is 2.23. The molecule has 0 bridgehead atoms. The van der Waals surface area contributed by atoms with Gasteiger partial charge in [0.25, 0.3) is 5.91 Å². The van der Waals surface area contributed by atoms with Crippen molar-refractivity contribution < 1.29 is 19.1 Å². The van der Waals surface area contributed by atoms with Gasteiger partial charge in [-0.3, -0.25) is 10.1 Å². The Morgan fingerprint density at radius 1 is 1.25 bits per heavy atom. The molecule has 28 heavy (non-hydrogen) atoms. The number of aromatic nitrogens is 1. The molecule has 1 aliphatic rings. The molecule has 3 rings (SSSR count). The second kappa shape index (κ2) is 9.45. The minimum absolute atomic E-state index is 0.0702. The number of hydrogen-bond donors (Lipinski definition) is 2. The number of nitrogens with one attached hydrogen (secondary N) is 2. The van der Waals surface area contributed by atoms with E-state index in [0.29, 0.717) is 10.9 Å². The van der Waals surface area contributed by atoms with E-state index < -0.39 is 24.5 Å². The fourth-order valence-electron chi connectivity index (χ4n) is 3.18. The lowest BCUT2D eigenvalue weighted by atomic mass is 9.86. The number of esters is 1. The van der Waals surface area contributed by atoms with E-state index in [1.54, 1.807) is 6.08 Å². The van der Waals surface area contributed by atoms with Gasteiger partial charge in [-0.2, -0.15) is 0 Å². The smallest absolute Gasteiger partial charge is 0.331 e. The summed E-state index contributed by atoms with van der Waals surface area (Å²) in [6.07, 6.45) is 6.98. The molecular weight excluding hydrogens is 378 g/mol. The number of nitrogens with zero attached hydrogens (tertiary/aromatic N) is 1. The van der Waals surface area contributed by atoms with Gasteiger partial charge in [-0.1, -0.05) is 31.9 Å². The first-order valence-electron chi connectivity index (χ1n) is 9.32. The summed E-state index contributed by atoms with van der Waals surface area (Å²) in [7, 11) is 0. The zero-order valence-corrected chi connectivity index (χ0v) is 16.5. The second-order valence-corrected chi connectivity index (χ2v) is 7.91. The molecule has 2 N–H and O–H groups in total. The number of imide groups is 1. The lowest BCUT2D eigenvalue weighted by molar-refractivity contribution is -0.143. The van der Waals surface area contributed by atoms with Crippen LogP contribution in [-0.2, 0) is 14.3 Å². The molecule has 0 spiro atoms. The minimum atomic E-state index is -0.671. The van der Waals surface area contributed by atoms with Gasteiger partial charge in [0.1, 0.15) is 5.01 Å². The van der Waals surface area contributed by atoms with Gasteiger partial charge in [0.15, 0.2) is 6.61 Å². The molecule has 1 saturated carbocycles. The van der Waals surface area contributed by atoms with Crippen LogP contribution in [0.2, 0.25) is 0 Å². The average Bonchev–Trinajstić information content (AvgIpc) is 3.09. The van der Waals surface area contributed by atoms with Crippen LogP contribution in [0.1, 0.15) is 37.6 Å². The molecular formula is C20H23N3O4S. The van der Waals surface area contributed by atoms with Crippen LogP contribution < -0.4 is 10.6 Å². The standard InChI is InChI=1S/C20H23N3O4S/c1-13-6-2-3-7-14(13)22-20(26)23-17(24)12-27-19(25)11-10-18-21-15-8-4-5-9-16(15)28-18/h4-5,8-11,13-14H,2-3,6-7,12H2,1H3,(H2,22,23,24,26)/b11-10+/t13-,14+/m1/s1. The molecule has 2 aromatic rings. The summed E-state index contributed by atoms with van der Waals surface area (Å²) >= 11 is 1.45. The SMILES string of the molecule is C[C@@H]1CCCC[C@@H]1NC(=O)NC(=O)COC(=O)/C=C/c1nc2ccccc2s1. The first-order valence-corrected chi connectivity index (χ1v) is 10.1. The number of fused-ring (bicyclic) bond motifs is 1. The average molecular weight is 401 g/mol. The molecule has 1 fully saturated rings. The molecule has 0 radical (unpaired) electrons. The lowest BCUT2D eigenvalue weighted by Gasteiger charge is -2.29. The monoisotopic (exact) mass is 401 g/mol. The zero-order valence-electron chi connectivity index (χ0n) is 15.6. The van der Waals surface area contributed by atoms with E-state index in [0.717, 1.165) is 29.5 Å². The molecule has 1 heterocycles. The quantitative estimate of drug-likeness (QED) is 0.592. The molecule has 0 unspecified atom stereocenters. The molecule has 0 aliphatic heterocycles. The van der Waals surface area contributed by atoms with Crippen LogP contribution >= 0.6 is 11.3 Å². The number of amides is 3. The molecule has 8 heteroatoms. The van der Waals surface area contributed by atoms with Crippen molar-refractivity contribution in [2.75, 3.05) is 6.61 Å². The summed E-state index contributed by atoms with van der Waals surface area (Å²) < 4.78 is 5.89. The lowest BCUT2D eigenvalue weighted by Crippen LogP contribution is -2.48. The van der Waals surface area contributed by atoms with E-state index in [2.05, 4.69) is 22.5 Å². The van der Waals surface area contributed by atoms with Crippen molar-refractivity contribution in [3.63, 3.8) is 0 Å². The molecule has 148 valence electrons. The number of carbonyl (C=O) groups is 3. The second-order valence-electron chi connectivity index (χ2n) is 6.85. The van der Waals surface area contributed by atoms with Crippen molar-refractivity contribution >= 4 is 45.5 Å². The highest BCUT2D eigenvalue weighted by Gasteiger charge is 2.23. The van der Waals surface area contributed by atoms with E-state index in [1.807, 2.05) is 24.3 Å². The number of carbonyl (C=O) groups excluding carboxylic acids is 3. The Bertz CT molecular complexity index is 859. The van der Waals surface area contributed by atoms with Crippen molar-refractivity contribution in [3.8, 4) is 0 Å². The van der Waals surface area contributed by atoms with Crippen LogP contribution in [0, 0.1) is 5.92 Å². The van der Waals surface area contributed by atoms with Gasteiger partial charge in [0, 0.05) is 12.1 Å². The summed E-state index contributed by atoms with van der Waals surface area (Å²) in [6.45, 7) is 1.57. The molecule has 1 aliphatic carbocycles. The summed E-state index contributed by atoms with van der Waals surface area (Å²) in [5.74, 6) is -0.946. The van der Waals surface area contributed by atoms with E-state index in [4.69, 9.17) is 4.74 Å². The third-order valence-electron chi connectivity index (χ3n) is 4.70. The Morgan fingerprint density at radius 3 is 2.82 bits per heavy atom. The predicted octanol–water partition coefficient (Wildman–Crippen LogP) is 3.26. The van der Waals surface area contributed by atoms with Gasteiger partial charge < -0.3 is 10.1 Å². The van der Waals surface area contributed by atoms with E-state index >= 15 is 0 Å². The highest BCUT2D eigenvalue weighted by atomic mass is 32.1. The first-order chi connectivity index (χ1) is 13.5. The molecule has 0 saturated heterocycles. The summed E-state index contributed by atoms with van der Waals surface area (Å²) in [5, 5.41) is 5.68. The van der Waals surface area contributed by atoms with E-state index in [-0.39, 0.29) is 6.04 Å². The minimum Gasteiger partial charge on any atom is -0.452 e. The predicted molar refractivity (Wildman–Crippen MR) is 108 cm³/mol. The van der Waals surface area contributed by atoms with Gasteiger partial charge in [-0.15, -0.1) is 11.3 Å². The van der Waals surface area contributed by atoms with E-state index in [9.17, 15) is 14.4 Å². The van der Waals surface area contributed by atoms with Crippen LogP contribution in [0.15, 0.2) is 30.3 Å². The fourth-order valence-corrected chi connectivity index (χ4v) is 4.05. The zero-order chi connectivity index (χ0) is 19.9. The van der Waals surface area contributed by atoms with Crippen molar-refractivity contribution in [1.82, 2.24) is 15.6 Å². The summed E-state index contributed by atoms with van der Waals surface area (Å²) in [5.41, 5.74) is 0.859. The van der Waals surface area contributed by atoms with Crippen molar-refractivity contribution in [1.29, 1.82) is 0 Å². The Morgan fingerprint density at radius 2 is 2.04 bits per heavy atom. The van der Waals surface area contributed by atoms with Crippen molar-refractivity contribution in [2.45, 2.75) is 38.6 Å². The summed E-state index contributed by atoms with van der Waals surface area (Å²) in [4.78, 5) is 39.8. The molecule has 7 nitrogen and oxygen atoms in total. The number of urea groups is 1. The van der Waals surface area contributed by atoms with Gasteiger partial charge in [-0.25, -0.2) is 14.6 Å². The molecule has 1 aromatic heterocycles. The van der Waals surface area contributed by atoms with Crippen molar-refractivity contribution in [3.05, 3.63) is 35.3 Å². The fraction of sp³-hybridized carbons (Fsp3) is 0.400. The van der Waals surface area contributed by atoms with Crippen LogP contribution in [0.4, 0.5) is 4.79 Å². The normalized spacial score (nSPS) is 19.5. The number of ether oxygens (including phenoxy) is 1. The maximum absolute atomic E-state index is 11.9. The Kier molecular flexibility index (Phi) is 6.76. The van der Waals surface area contributed by atoms with Gasteiger partial charge in [0.2, 0.25) is 0 Å². The number of rotatable bonds is 5. The highest BCUT2D eigenvalue weighted by molar-refractivity contribution is 7.19. The molecule has 3 amide bonds. The summed E-state index contributed by atoms with van der Waals surface area (Å²) in [6, 6.07) is 7.18. The van der Waals surface area contributed by atoms with E-state index in [1.165, 1.54) is 23.8 Å². The van der Waals surface area contributed by atoms with Crippen LogP contribution in [-0.4, -0.2) is 35.5 Å². The molecule has 2 atom stereocenters. The first kappa shape index (κ1) is 20.0. The third-order valence-corrected chi connectivity index (χ3v) is 5.70. The number of hydrogen-bond acceptors (Lipinski definition) is 6. The van der Waals surface area contributed by atoms with Crippen molar-refractivity contribution in [2.24, 2.45) is 5.92 Å². The van der Waals surface area contributed by atoms with Gasteiger partial charge in [-0.05, 0) is 37.0 Å². The Labute approximate surface area is 167 Å². The maximum atomic E-state index is 11.9. The van der Waals surface area contributed by atoms with Crippen LogP contribution in [0.5, 0.6) is 0 Å². The van der Waals surface area contributed by atoms with Crippen LogP contribution in [0.25, 0.3) is 16.3 Å². The third kappa shape index (κ3) is 5.63. The largest absolute Gasteiger partial charge is 0.452 e. The molecule has 1 aromatic carbocycles. The topological polar surface area (TPSA) is 97.4 Å². The van der Waals surface area contributed by atoms with Gasteiger partial charge >= 0.3 is 12.0 Å². The number of para-hydroxylation sites is 1. The number of thiazole rings is 1.